The maximum Gasteiger partial charge on any atom is 0.413 e. The summed E-state index contributed by atoms with van der Waals surface area (Å²) in [5, 5.41) is 2.69. The predicted molar refractivity (Wildman–Crippen MR) is 97.1 cm³/mol. The van der Waals surface area contributed by atoms with Crippen molar-refractivity contribution in [3.05, 3.63) is 23.9 Å². The van der Waals surface area contributed by atoms with Gasteiger partial charge in [0.2, 0.25) is 0 Å². The van der Waals surface area contributed by atoms with Gasteiger partial charge in [0, 0.05) is 18.8 Å². The smallest absolute Gasteiger partial charge is 0.413 e. The Morgan fingerprint density at radius 2 is 2.12 bits per heavy atom. The van der Waals surface area contributed by atoms with Crippen LogP contribution in [-0.2, 0) is 4.74 Å². The lowest BCUT2D eigenvalue weighted by Crippen LogP contribution is -2.36. The van der Waals surface area contributed by atoms with Crippen molar-refractivity contribution in [3.63, 3.8) is 0 Å². The van der Waals surface area contributed by atoms with Crippen LogP contribution in [0.5, 0.6) is 0 Å². The second-order valence-electron chi connectivity index (χ2n) is 8.00. The van der Waals surface area contributed by atoms with Gasteiger partial charge in [-0.2, -0.15) is 0 Å². The summed E-state index contributed by atoms with van der Waals surface area (Å²) in [6.45, 7) is 12.3. The number of piperidine rings is 1. The molecule has 1 saturated heterocycles. The van der Waals surface area contributed by atoms with Gasteiger partial charge < -0.3 is 4.74 Å². The van der Waals surface area contributed by atoms with Crippen LogP contribution in [0.3, 0.4) is 0 Å². The Morgan fingerprint density at radius 3 is 2.71 bits per heavy atom. The Bertz CT molecular complexity index is 535. The molecule has 1 N–H and O–H groups in total. The summed E-state index contributed by atoms with van der Waals surface area (Å²) in [6, 6.07) is 4.37. The highest BCUT2D eigenvalue weighted by Crippen LogP contribution is 2.31. The number of hydrogen-bond acceptors (Lipinski definition) is 4. The zero-order valence-corrected chi connectivity index (χ0v) is 15.6. The minimum absolute atomic E-state index is 0.434. The maximum absolute atomic E-state index is 11.8. The maximum atomic E-state index is 11.8. The number of anilines is 1. The molecular formula is C19H31N3O2. The molecule has 24 heavy (non-hydrogen) atoms. The fourth-order valence-electron chi connectivity index (χ4n) is 3.14. The number of aromatic nitrogens is 1. The van der Waals surface area contributed by atoms with Gasteiger partial charge in [-0.1, -0.05) is 26.3 Å². The van der Waals surface area contributed by atoms with Gasteiger partial charge in [-0.05, 0) is 57.7 Å². The molecule has 0 unspecified atom stereocenters. The SMILES string of the molecule is CC(C)CN1CCCC[C@@H]1c1ccc(NC(=O)OC(C)(C)C)nc1. The van der Waals surface area contributed by atoms with Crippen LogP contribution in [0, 0.1) is 5.92 Å². The van der Waals surface area contributed by atoms with Crippen LogP contribution in [0.15, 0.2) is 18.3 Å². The zero-order valence-electron chi connectivity index (χ0n) is 15.6. The number of nitrogens with one attached hydrogen (secondary N) is 1. The number of carbonyl (C=O) groups is 1. The van der Waals surface area contributed by atoms with Gasteiger partial charge in [0.05, 0.1) is 0 Å². The van der Waals surface area contributed by atoms with Gasteiger partial charge >= 0.3 is 6.09 Å². The van der Waals surface area contributed by atoms with Crippen LogP contribution in [0.1, 0.15) is 65.5 Å². The molecule has 0 spiro atoms. The quantitative estimate of drug-likeness (QED) is 0.874. The summed E-state index contributed by atoms with van der Waals surface area (Å²) in [5.74, 6) is 1.19. The van der Waals surface area contributed by atoms with Crippen LogP contribution in [0.25, 0.3) is 0 Å². The number of hydrogen-bond donors (Lipinski definition) is 1. The molecule has 0 aromatic carbocycles. The van der Waals surface area contributed by atoms with Gasteiger partial charge in [-0.3, -0.25) is 10.2 Å². The van der Waals surface area contributed by atoms with E-state index in [4.69, 9.17) is 4.74 Å². The number of nitrogens with zero attached hydrogens (tertiary/aromatic N) is 2. The summed E-state index contributed by atoms with van der Waals surface area (Å²) in [5.41, 5.74) is 0.716. The molecule has 0 saturated carbocycles. The number of ether oxygens (including phenoxy) is 1. The summed E-state index contributed by atoms with van der Waals surface area (Å²) < 4.78 is 5.25. The summed E-state index contributed by atoms with van der Waals surface area (Å²) in [7, 11) is 0. The largest absolute Gasteiger partial charge is 0.444 e. The number of carbonyl (C=O) groups excluding carboxylic acids is 1. The Kier molecular flexibility index (Phi) is 6.21. The Balaban J connectivity index is 2.01. The second-order valence-corrected chi connectivity index (χ2v) is 8.00. The third kappa shape index (κ3) is 5.78. The van der Waals surface area contributed by atoms with E-state index in [-0.39, 0.29) is 0 Å². The van der Waals surface area contributed by atoms with E-state index in [0.717, 1.165) is 13.1 Å². The number of amides is 1. The van der Waals surface area contributed by atoms with Crippen molar-refractivity contribution < 1.29 is 9.53 Å². The first-order valence-electron chi connectivity index (χ1n) is 8.94. The molecule has 2 heterocycles. The number of pyridine rings is 1. The molecule has 5 nitrogen and oxygen atoms in total. The fourth-order valence-corrected chi connectivity index (χ4v) is 3.14. The molecule has 1 aromatic rings. The second kappa shape index (κ2) is 7.97. The Morgan fingerprint density at radius 1 is 1.38 bits per heavy atom. The monoisotopic (exact) mass is 333 g/mol. The minimum Gasteiger partial charge on any atom is -0.444 e. The van der Waals surface area contributed by atoms with Gasteiger partial charge in [-0.25, -0.2) is 9.78 Å². The Labute approximate surface area is 145 Å². The summed E-state index contributed by atoms with van der Waals surface area (Å²) >= 11 is 0. The van der Waals surface area contributed by atoms with Gasteiger partial charge in [0.1, 0.15) is 11.4 Å². The van der Waals surface area contributed by atoms with E-state index < -0.39 is 11.7 Å². The third-order valence-corrected chi connectivity index (χ3v) is 4.01. The molecule has 0 aliphatic carbocycles. The summed E-state index contributed by atoms with van der Waals surface area (Å²) in [6.07, 6.45) is 5.12. The van der Waals surface area contributed by atoms with E-state index in [1.54, 1.807) is 0 Å². The molecule has 134 valence electrons. The molecular weight excluding hydrogens is 302 g/mol. The molecule has 1 aromatic heterocycles. The normalized spacial score (nSPS) is 19.3. The zero-order chi connectivity index (χ0) is 17.7. The van der Waals surface area contributed by atoms with Crippen molar-refractivity contribution in [3.8, 4) is 0 Å². The molecule has 1 aliphatic heterocycles. The first-order chi connectivity index (χ1) is 11.2. The molecule has 1 aliphatic rings. The van der Waals surface area contributed by atoms with Crippen molar-refractivity contribution in [1.82, 2.24) is 9.88 Å². The molecule has 1 fully saturated rings. The van der Waals surface area contributed by atoms with E-state index in [9.17, 15) is 4.79 Å². The van der Waals surface area contributed by atoms with E-state index in [1.165, 1.54) is 24.8 Å². The predicted octanol–water partition coefficient (Wildman–Crippen LogP) is 4.61. The van der Waals surface area contributed by atoms with Crippen molar-refractivity contribution in [2.24, 2.45) is 5.92 Å². The molecule has 0 bridgehead atoms. The van der Waals surface area contributed by atoms with Crippen LogP contribution < -0.4 is 5.32 Å². The number of likely N-dealkylation sites (tertiary alicyclic amines) is 1. The standard InChI is InChI=1S/C19H31N3O2/c1-14(2)13-22-11-7-6-8-16(22)15-9-10-17(20-12-15)21-18(23)24-19(3,4)5/h9-10,12,14,16H,6-8,11,13H2,1-5H3,(H,20,21,23)/t16-/m1/s1. The average molecular weight is 333 g/mol. The van der Waals surface area contributed by atoms with Crippen LogP contribution >= 0.6 is 0 Å². The number of rotatable bonds is 4. The summed E-state index contributed by atoms with van der Waals surface area (Å²) in [4.78, 5) is 18.8. The van der Waals surface area contributed by atoms with Crippen LogP contribution in [0.4, 0.5) is 10.6 Å². The molecule has 1 amide bonds. The minimum atomic E-state index is -0.510. The topological polar surface area (TPSA) is 54.5 Å². The highest BCUT2D eigenvalue weighted by molar-refractivity contribution is 5.83. The van der Waals surface area contributed by atoms with E-state index in [1.807, 2.05) is 33.0 Å². The highest BCUT2D eigenvalue weighted by atomic mass is 16.6. The van der Waals surface area contributed by atoms with Crippen molar-refractivity contribution >= 4 is 11.9 Å². The van der Waals surface area contributed by atoms with E-state index >= 15 is 0 Å². The lowest BCUT2D eigenvalue weighted by atomic mass is 9.95. The Hall–Kier alpha value is -1.62. The van der Waals surface area contributed by atoms with Crippen LogP contribution in [-0.4, -0.2) is 34.7 Å². The molecule has 5 heteroatoms. The van der Waals surface area contributed by atoms with Crippen molar-refractivity contribution in [2.45, 2.75) is 65.5 Å². The van der Waals surface area contributed by atoms with Crippen molar-refractivity contribution in [1.29, 1.82) is 0 Å². The first-order valence-corrected chi connectivity index (χ1v) is 8.94. The highest BCUT2D eigenvalue weighted by Gasteiger charge is 2.24. The van der Waals surface area contributed by atoms with Gasteiger partial charge in [-0.15, -0.1) is 0 Å². The molecule has 1 atom stereocenters. The van der Waals surface area contributed by atoms with Gasteiger partial charge in [0.25, 0.3) is 0 Å². The van der Waals surface area contributed by atoms with Crippen LogP contribution in [0.2, 0.25) is 0 Å². The van der Waals surface area contributed by atoms with Crippen molar-refractivity contribution in [2.75, 3.05) is 18.4 Å². The van der Waals surface area contributed by atoms with E-state index in [2.05, 4.69) is 35.1 Å². The third-order valence-electron chi connectivity index (χ3n) is 4.01. The lowest BCUT2D eigenvalue weighted by molar-refractivity contribution is 0.0635. The lowest BCUT2D eigenvalue weighted by Gasteiger charge is -2.37. The fraction of sp³-hybridized carbons (Fsp3) is 0.684. The average Bonchev–Trinajstić information content (AvgIpc) is 2.46. The molecule has 0 radical (unpaired) electrons. The van der Waals surface area contributed by atoms with E-state index in [0.29, 0.717) is 17.8 Å². The molecule has 2 rings (SSSR count). The van der Waals surface area contributed by atoms with Gasteiger partial charge in [0.15, 0.2) is 0 Å². The first kappa shape index (κ1) is 18.7.